The van der Waals surface area contributed by atoms with E-state index in [1.54, 1.807) is 0 Å². The number of aliphatic imine (C=N–C) groups is 1. The topological polar surface area (TPSA) is 59.7 Å². The molecule has 230 valence electrons. The Balaban J connectivity index is 1.07. The van der Waals surface area contributed by atoms with Gasteiger partial charge in [0.2, 0.25) is 0 Å². The number of halogens is 1. The predicted octanol–water partition coefficient (Wildman–Crippen LogP) is 8.70. The first-order valence-corrected chi connectivity index (χ1v) is 16.7. The molecule has 2 aliphatic rings. The zero-order chi connectivity index (χ0) is 31.3. The first-order valence-electron chi connectivity index (χ1n) is 15.5. The van der Waals surface area contributed by atoms with Crippen molar-refractivity contribution in [3.63, 3.8) is 0 Å². The molecule has 7 rings (SSSR count). The summed E-state index contributed by atoms with van der Waals surface area (Å²) in [6, 6.07) is 36.2. The van der Waals surface area contributed by atoms with E-state index in [2.05, 4.69) is 40.2 Å². The van der Waals surface area contributed by atoms with E-state index >= 15 is 0 Å². The van der Waals surface area contributed by atoms with Gasteiger partial charge in [0.25, 0.3) is 5.91 Å². The molecule has 0 spiro atoms. The molecule has 0 aliphatic carbocycles. The van der Waals surface area contributed by atoms with Crippen LogP contribution in [0.2, 0.25) is 5.02 Å². The molecule has 0 N–H and O–H groups in total. The number of nitrogens with zero attached hydrogens (tertiary/aromatic N) is 4. The molecule has 46 heavy (non-hydrogen) atoms. The number of para-hydroxylation sites is 1. The van der Waals surface area contributed by atoms with E-state index in [1.807, 2.05) is 95.8 Å². The van der Waals surface area contributed by atoms with Gasteiger partial charge in [-0.1, -0.05) is 72.3 Å². The number of ether oxygens (including phenoxy) is 1. The van der Waals surface area contributed by atoms with Gasteiger partial charge < -0.3 is 9.64 Å². The third kappa shape index (κ3) is 7.11. The second-order valence-corrected chi connectivity index (χ2v) is 13.0. The Bertz CT molecular complexity index is 1860. The lowest BCUT2D eigenvalue weighted by atomic mass is 9.90. The van der Waals surface area contributed by atoms with E-state index in [9.17, 15) is 4.79 Å². The number of likely N-dealkylation sites (tertiary alicyclic amines) is 1. The van der Waals surface area contributed by atoms with E-state index in [-0.39, 0.29) is 5.91 Å². The Kier molecular flexibility index (Phi) is 9.03. The average molecular weight is 645 g/mol. The van der Waals surface area contributed by atoms with E-state index in [1.165, 1.54) is 17.3 Å². The van der Waals surface area contributed by atoms with E-state index in [0.717, 1.165) is 71.3 Å². The molecule has 0 atom stereocenters. The van der Waals surface area contributed by atoms with Gasteiger partial charge in [-0.3, -0.25) is 4.79 Å². The minimum atomic E-state index is -0.198. The third-order valence-electron chi connectivity index (χ3n) is 8.36. The van der Waals surface area contributed by atoms with Crippen molar-refractivity contribution < 1.29 is 9.53 Å². The third-order valence-corrected chi connectivity index (χ3v) is 9.65. The van der Waals surface area contributed by atoms with Crippen molar-refractivity contribution in [3.8, 4) is 22.7 Å². The van der Waals surface area contributed by atoms with E-state index in [0.29, 0.717) is 22.5 Å². The molecule has 0 saturated carbocycles. The number of thioether (sulfide) groups is 1. The summed E-state index contributed by atoms with van der Waals surface area (Å²) < 4.78 is 7.86. The monoisotopic (exact) mass is 644 g/mol. The fourth-order valence-electron chi connectivity index (χ4n) is 5.84. The fraction of sp³-hybridized carbons (Fsp3) is 0.184. The summed E-state index contributed by atoms with van der Waals surface area (Å²) in [5.74, 6) is 1.21. The van der Waals surface area contributed by atoms with E-state index in [4.69, 9.17) is 21.4 Å². The van der Waals surface area contributed by atoms with Crippen molar-refractivity contribution in [2.45, 2.75) is 25.9 Å². The Morgan fingerprint density at radius 3 is 2.26 bits per heavy atom. The number of hydrogen-bond donors (Lipinski definition) is 0. The van der Waals surface area contributed by atoms with Gasteiger partial charge in [0.05, 0.1) is 16.3 Å². The number of aromatic nitrogens is 2. The van der Waals surface area contributed by atoms with Crippen molar-refractivity contribution in [2.24, 2.45) is 10.9 Å². The lowest BCUT2D eigenvalue weighted by Gasteiger charge is -2.32. The molecule has 6 nitrogen and oxygen atoms in total. The summed E-state index contributed by atoms with van der Waals surface area (Å²) in [5.41, 5.74) is 5.94. The first kappa shape index (κ1) is 30.1. The van der Waals surface area contributed by atoms with Crippen LogP contribution < -0.4 is 4.74 Å². The van der Waals surface area contributed by atoms with Crippen LogP contribution in [0, 0.1) is 5.92 Å². The van der Waals surface area contributed by atoms with Gasteiger partial charge in [-0.05, 0) is 103 Å². The predicted molar refractivity (Wildman–Crippen MR) is 187 cm³/mol. The number of hydrogen-bond acceptors (Lipinski definition) is 5. The highest BCUT2D eigenvalue weighted by molar-refractivity contribution is 8.18. The highest BCUT2D eigenvalue weighted by Gasteiger charge is 2.29. The van der Waals surface area contributed by atoms with Crippen molar-refractivity contribution in [1.82, 2.24) is 14.7 Å². The maximum atomic E-state index is 13.2. The van der Waals surface area contributed by atoms with Crippen LogP contribution >= 0.6 is 23.4 Å². The van der Waals surface area contributed by atoms with Gasteiger partial charge >= 0.3 is 0 Å². The summed E-state index contributed by atoms with van der Waals surface area (Å²) >= 11 is 7.47. The smallest absolute Gasteiger partial charge is 0.286 e. The normalized spacial score (nSPS) is 16.2. The van der Waals surface area contributed by atoms with Crippen LogP contribution in [0.4, 0.5) is 0 Å². The van der Waals surface area contributed by atoms with Gasteiger partial charge in [0.1, 0.15) is 12.4 Å². The first-order chi connectivity index (χ1) is 22.6. The van der Waals surface area contributed by atoms with Gasteiger partial charge in [-0.15, -0.1) is 0 Å². The number of piperidine rings is 1. The fourth-order valence-corrected chi connectivity index (χ4v) is 6.92. The zero-order valence-corrected chi connectivity index (χ0v) is 26.8. The van der Waals surface area contributed by atoms with Crippen molar-refractivity contribution in [2.75, 3.05) is 13.1 Å². The lowest BCUT2D eigenvalue weighted by Crippen LogP contribution is -2.37. The van der Waals surface area contributed by atoms with Crippen molar-refractivity contribution in [1.29, 1.82) is 0 Å². The zero-order valence-electron chi connectivity index (χ0n) is 25.3. The Morgan fingerprint density at radius 2 is 1.54 bits per heavy atom. The molecule has 0 bridgehead atoms. The molecular weight excluding hydrogens is 612 g/mol. The molecule has 4 aromatic carbocycles. The largest absolute Gasteiger partial charge is 0.489 e. The molecule has 1 aromatic heterocycles. The molecule has 1 amide bonds. The number of carbonyl (C=O) groups excluding carboxylic acids is 1. The molecule has 8 heteroatoms. The minimum Gasteiger partial charge on any atom is -0.489 e. The summed E-state index contributed by atoms with van der Waals surface area (Å²) in [7, 11) is 0. The molecule has 3 heterocycles. The van der Waals surface area contributed by atoms with Crippen LogP contribution in [0.5, 0.6) is 5.75 Å². The molecule has 2 aliphatic heterocycles. The Hall–Kier alpha value is -4.59. The maximum absolute atomic E-state index is 13.2. The molecular formula is C38H33ClN4O2S. The molecule has 0 radical (unpaired) electrons. The average Bonchev–Trinajstić information content (AvgIpc) is 3.69. The Morgan fingerprint density at radius 1 is 0.848 bits per heavy atom. The van der Waals surface area contributed by atoms with Crippen molar-refractivity contribution >= 4 is 40.5 Å². The highest BCUT2D eigenvalue weighted by Crippen LogP contribution is 2.35. The molecule has 1 fully saturated rings. The standard InChI is InChI=1S/C38H33ClN4O2S/c39-32-15-11-29(12-16-32)26-45-34-17-13-30(14-18-34)36-31(25-43(41-36)33-9-5-2-6-10-33)24-35-37(44)40-38(46-35)42-21-19-28(20-22-42)23-27-7-3-1-4-8-27/h1-18,24-25,28H,19-23,26H2. The number of benzene rings is 4. The van der Waals surface area contributed by atoms with Crippen LogP contribution in [0.25, 0.3) is 23.0 Å². The lowest BCUT2D eigenvalue weighted by molar-refractivity contribution is -0.113. The quantitative estimate of drug-likeness (QED) is 0.158. The maximum Gasteiger partial charge on any atom is 0.286 e. The van der Waals surface area contributed by atoms with Gasteiger partial charge in [0.15, 0.2) is 5.17 Å². The van der Waals surface area contributed by atoms with Crippen LogP contribution in [0.3, 0.4) is 0 Å². The summed E-state index contributed by atoms with van der Waals surface area (Å²) in [6.07, 6.45) is 7.19. The number of amidine groups is 1. The number of carbonyl (C=O) groups is 1. The Labute approximate surface area is 278 Å². The SMILES string of the molecule is O=C1N=C(N2CCC(Cc3ccccc3)CC2)SC1=Cc1cn(-c2ccccc2)nc1-c1ccc(OCc2ccc(Cl)cc2)cc1. The van der Waals surface area contributed by atoms with Crippen LogP contribution in [-0.4, -0.2) is 38.8 Å². The number of rotatable bonds is 8. The molecule has 0 unspecified atom stereocenters. The summed E-state index contributed by atoms with van der Waals surface area (Å²) in [5, 5.41) is 6.45. The molecule has 1 saturated heterocycles. The summed E-state index contributed by atoms with van der Waals surface area (Å²) in [6.45, 7) is 2.27. The minimum absolute atomic E-state index is 0.198. The van der Waals surface area contributed by atoms with Crippen molar-refractivity contribution in [3.05, 3.63) is 142 Å². The summed E-state index contributed by atoms with van der Waals surface area (Å²) in [4.78, 5) is 20.5. The van der Waals surface area contributed by atoms with Gasteiger partial charge in [-0.2, -0.15) is 10.1 Å². The van der Waals surface area contributed by atoms with Crippen LogP contribution in [-0.2, 0) is 17.8 Å². The van der Waals surface area contributed by atoms with Gasteiger partial charge in [-0.25, -0.2) is 4.68 Å². The second-order valence-electron chi connectivity index (χ2n) is 11.6. The van der Waals surface area contributed by atoms with Crippen LogP contribution in [0.15, 0.2) is 125 Å². The van der Waals surface area contributed by atoms with Crippen LogP contribution in [0.1, 0.15) is 29.5 Å². The number of amides is 1. The van der Waals surface area contributed by atoms with Gasteiger partial charge in [0, 0.05) is 35.4 Å². The molecule has 5 aromatic rings. The second kappa shape index (κ2) is 13.8. The highest BCUT2D eigenvalue weighted by atomic mass is 35.5. The van der Waals surface area contributed by atoms with E-state index < -0.39 is 0 Å².